The van der Waals surface area contributed by atoms with Crippen LogP contribution in [0.1, 0.15) is 45.6 Å². The number of rotatable bonds is 8. The van der Waals surface area contributed by atoms with E-state index in [0.29, 0.717) is 11.8 Å². The first-order chi connectivity index (χ1) is 14.3. The van der Waals surface area contributed by atoms with Crippen LogP contribution in [0.3, 0.4) is 0 Å². The minimum atomic E-state index is -0.862. The molecule has 0 saturated heterocycles. The van der Waals surface area contributed by atoms with Crippen LogP contribution in [-0.4, -0.2) is 43.6 Å². The van der Waals surface area contributed by atoms with Gasteiger partial charge in [0, 0.05) is 12.1 Å². The smallest absolute Gasteiger partial charge is 0.328 e. The topological polar surface area (TPSA) is 93.7 Å². The van der Waals surface area contributed by atoms with Gasteiger partial charge in [-0.15, -0.1) is 0 Å². The van der Waals surface area contributed by atoms with Crippen LogP contribution in [-0.2, 0) is 19.1 Å². The van der Waals surface area contributed by atoms with Crippen molar-refractivity contribution in [2.24, 2.45) is 11.8 Å². The molecule has 3 unspecified atom stereocenters. The van der Waals surface area contributed by atoms with Crippen molar-refractivity contribution in [3.05, 3.63) is 35.9 Å². The molecule has 30 heavy (non-hydrogen) atoms. The van der Waals surface area contributed by atoms with Gasteiger partial charge >= 0.3 is 5.97 Å². The highest BCUT2D eigenvalue weighted by Gasteiger charge is 2.28. The number of benzene rings is 1. The van der Waals surface area contributed by atoms with E-state index in [2.05, 4.69) is 24.5 Å². The van der Waals surface area contributed by atoms with Gasteiger partial charge in [0.15, 0.2) is 6.61 Å². The monoisotopic (exact) mass is 416 g/mol. The van der Waals surface area contributed by atoms with Gasteiger partial charge in [-0.2, -0.15) is 0 Å². The maximum Gasteiger partial charge on any atom is 0.328 e. The molecule has 0 heterocycles. The van der Waals surface area contributed by atoms with Gasteiger partial charge in [0.25, 0.3) is 5.91 Å². The molecule has 1 aliphatic rings. The number of esters is 1. The van der Waals surface area contributed by atoms with Crippen LogP contribution >= 0.6 is 0 Å². The minimum absolute atomic E-state index is 0.111. The number of hydrogen-bond acceptors (Lipinski definition) is 5. The first kappa shape index (κ1) is 23.4. The van der Waals surface area contributed by atoms with Crippen LogP contribution in [0, 0.1) is 11.8 Å². The number of methoxy groups -OCH3 is 1. The summed E-state index contributed by atoms with van der Waals surface area (Å²) in [6.45, 7) is 5.50. The van der Waals surface area contributed by atoms with Crippen molar-refractivity contribution in [3.63, 3.8) is 0 Å². The van der Waals surface area contributed by atoms with E-state index in [1.807, 2.05) is 12.1 Å². The summed E-state index contributed by atoms with van der Waals surface area (Å²) in [7, 11) is 1.58. The minimum Gasteiger partial charge on any atom is -0.497 e. The van der Waals surface area contributed by atoms with Crippen LogP contribution in [0.2, 0.25) is 0 Å². The molecular weight excluding hydrogens is 384 g/mol. The normalized spacial score (nSPS) is 22.2. The Morgan fingerprint density at radius 3 is 2.53 bits per heavy atom. The number of ether oxygens (including phenoxy) is 2. The molecule has 4 atom stereocenters. The lowest BCUT2D eigenvalue weighted by molar-refractivity contribution is -0.151. The van der Waals surface area contributed by atoms with Crippen molar-refractivity contribution >= 4 is 23.9 Å². The van der Waals surface area contributed by atoms with Gasteiger partial charge < -0.3 is 20.1 Å². The molecule has 1 aromatic carbocycles. The third kappa shape index (κ3) is 7.21. The lowest BCUT2D eigenvalue weighted by atomic mass is 9.78. The number of nitrogens with one attached hydrogen (secondary N) is 2. The number of carbonyl (C=O) groups excluding carboxylic acids is 3. The van der Waals surface area contributed by atoms with Crippen LogP contribution in [0.5, 0.6) is 5.75 Å². The maximum atomic E-state index is 12.1. The van der Waals surface area contributed by atoms with E-state index in [1.54, 1.807) is 25.3 Å². The van der Waals surface area contributed by atoms with Gasteiger partial charge in [-0.05, 0) is 49.0 Å². The summed E-state index contributed by atoms with van der Waals surface area (Å²) in [6.07, 6.45) is 6.17. The third-order valence-corrected chi connectivity index (χ3v) is 5.65. The van der Waals surface area contributed by atoms with Crippen LogP contribution < -0.4 is 15.4 Å². The molecule has 0 aliphatic heterocycles. The van der Waals surface area contributed by atoms with Crippen molar-refractivity contribution in [1.82, 2.24) is 10.6 Å². The van der Waals surface area contributed by atoms with Crippen LogP contribution in [0.25, 0.3) is 6.08 Å². The van der Waals surface area contributed by atoms with Crippen molar-refractivity contribution < 1.29 is 23.9 Å². The molecule has 1 fully saturated rings. The molecule has 0 spiro atoms. The molecule has 2 rings (SSSR count). The van der Waals surface area contributed by atoms with E-state index in [4.69, 9.17) is 9.47 Å². The Kier molecular flexibility index (Phi) is 8.89. The predicted octanol–water partition coefficient (Wildman–Crippen LogP) is 2.70. The highest BCUT2D eigenvalue weighted by atomic mass is 16.5. The Balaban J connectivity index is 1.73. The van der Waals surface area contributed by atoms with Gasteiger partial charge in [0.1, 0.15) is 11.8 Å². The van der Waals surface area contributed by atoms with Crippen molar-refractivity contribution in [2.75, 3.05) is 13.7 Å². The summed E-state index contributed by atoms with van der Waals surface area (Å²) < 4.78 is 10.1. The molecule has 7 nitrogen and oxygen atoms in total. The third-order valence-electron chi connectivity index (χ3n) is 5.65. The Hall–Kier alpha value is -2.83. The highest BCUT2D eigenvalue weighted by Crippen LogP contribution is 2.29. The van der Waals surface area contributed by atoms with E-state index < -0.39 is 17.9 Å². The molecule has 164 valence electrons. The van der Waals surface area contributed by atoms with Gasteiger partial charge in [-0.3, -0.25) is 9.59 Å². The number of amides is 2. The average molecular weight is 417 g/mol. The maximum absolute atomic E-state index is 12.1. The Morgan fingerprint density at radius 2 is 1.87 bits per heavy atom. The molecule has 1 aromatic rings. The first-order valence-corrected chi connectivity index (χ1v) is 10.4. The highest BCUT2D eigenvalue weighted by molar-refractivity contribution is 5.94. The molecule has 0 radical (unpaired) electrons. The van der Waals surface area contributed by atoms with E-state index in [1.165, 1.54) is 19.4 Å². The van der Waals surface area contributed by atoms with E-state index in [-0.39, 0.29) is 18.6 Å². The number of carbonyl (C=O) groups is 3. The summed E-state index contributed by atoms with van der Waals surface area (Å²) in [4.78, 5) is 36.2. The second-order valence-electron chi connectivity index (χ2n) is 7.89. The van der Waals surface area contributed by atoms with Crippen molar-refractivity contribution in [1.29, 1.82) is 0 Å². The van der Waals surface area contributed by atoms with Crippen molar-refractivity contribution in [3.8, 4) is 5.75 Å². The van der Waals surface area contributed by atoms with Crippen LogP contribution in [0.4, 0.5) is 0 Å². The van der Waals surface area contributed by atoms with Crippen molar-refractivity contribution in [2.45, 2.75) is 52.1 Å². The van der Waals surface area contributed by atoms with Gasteiger partial charge in [-0.1, -0.05) is 38.8 Å². The fraction of sp³-hybridized carbons (Fsp3) is 0.522. The van der Waals surface area contributed by atoms with Crippen LogP contribution in [0.15, 0.2) is 30.3 Å². The quantitative estimate of drug-likeness (QED) is 0.502. The molecular formula is C23H32N2O5. The molecule has 7 heteroatoms. The van der Waals surface area contributed by atoms with E-state index in [9.17, 15) is 14.4 Å². The summed E-state index contributed by atoms with van der Waals surface area (Å²) in [6, 6.07) is 6.45. The van der Waals surface area contributed by atoms with E-state index >= 15 is 0 Å². The Morgan fingerprint density at radius 1 is 1.17 bits per heavy atom. The first-order valence-electron chi connectivity index (χ1n) is 10.4. The Bertz CT molecular complexity index is 759. The second kappa shape index (κ2) is 11.4. The molecule has 1 aliphatic carbocycles. The summed E-state index contributed by atoms with van der Waals surface area (Å²) in [5.74, 6) is 0.296. The summed E-state index contributed by atoms with van der Waals surface area (Å²) >= 11 is 0. The number of hydrogen-bond donors (Lipinski definition) is 2. The summed E-state index contributed by atoms with van der Waals surface area (Å²) in [5, 5.41) is 5.49. The molecule has 1 saturated carbocycles. The van der Waals surface area contributed by atoms with Gasteiger partial charge in [0.2, 0.25) is 5.91 Å². The standard InChI is InChI=1S/C23H32N2O5/c1-15-6-5-7-20(16(15)2)25-22(27)14-30-23(28)17(3)24-21(26)13-10-18-8-11-19(29-4)12-9-18/h8-13,15-17,20H,5-7,14H2,1-4H3,(H,24,26)(H,25,27)/b13-10+/t15?,16?,17-,20?/m0/s1. The molecule has 0 aromatic heterocycles. The predicted molar refractivity (Wildman–Crippen MR) is 115 cm³/mol. The SMILES string of the molecule is COc1ccc(/C=C/C(=O)N[C@@H](C)C(=O)OCC(=O)NC2CCCC(C)C2C)cc1. The zero-order valence-corrected chi connectivity index (χ0v) is 18.1. The lowest BCUT2D eigenvalue weighted by Gasteiger charge is -2.34. The van der Waals surface area contributed by atoms with Gasteiger partial charge in [0.05, 0.1) is 7.11 Å². The largest absolute Gasteiger partial charge is 0.497 e. The fourth-order valence-corrected chi connectivity index (χ4v) is 3.50. The molecule has 2 N–H and O–H groups in total. The average Bonchev–Trinajstić information content (AvgIpc) is 2.74. The second-order valence-corrected chi connectivity index (χ2v) is 7.89. The molecule has 0 bridgehead atoms. The zero-order valence-electron chi connectivity index (χ0n) is 18.1. The Labute approximate surface area is 178 Å². The fourth-order valence-electron chi connectivity index (χ4n) is 3.50. The van der Waals surface area contributed by atoms with E-state index in [0.717, 1.165) is 24.2 Å². The molecule has 2 amide bonds. The van der Waals surface area contributed by atoms with Gasteiger partial charge in [-0.25, -0.2) is 4.79 Å². The summed E-state index contributed by atoms with van der Waals surface area (Å²) in [5.41, 5.74) is 0.823. The lowest BCUT2D eigenvalue weighted by Crippen LogP contribution is -2.46. The zero-order chi connectivity index (χ0) is 22.1.